The second-order valence-corrected chi connectivity index (χ2v) is 18.9. The molecule has 2 amide bonds. The lowest BCUT2D eigenvalue weighted by Gasteiger charge is -2.43. The van der Waals surface area contributed by atoms with Gasteiger partial charge >= 0.3 is 0 Å². The summed E-state index contributed by atoms with van der Waals surface area (Å²) < 4.78 is 36.5. The molecular weight excluding hydrogens is 697 g/mol. The van der Waals surface area contributed by atoms with Crippen molar-refractivity contribution in [1.82, 2.24) is 19.5 Å². The number of ether oxygens (including phenoxy) is 1. The number of hydrogen-bond acceptors (Lipinski definition) is 6. The molecule has 54 heavy (non-hydrogen) atoms. The fourth-order valence-corrected chi connectivity index (χ4v) is 11.2. The van der Waals surface area contributed by atoms with E-state index in [9.17, 15) is 13.2 Å². The Morgan fingerprint density at radius 3 is 2.41 bits per heavy atom. The molecule has 1 saturated carbocycles. The summed E-state index contributed by atoms with van der Waals surface area (Å²) in [7, 11) is -2.12. The number of carbonyl (C=O) groups is 2. The summed E-state index contributed by atoms with van der Waals surface area (Å²) in [5.74, 6) is 0.223. The Morgan fingerprint density at radius 1 is 0.963 bits per heavy atom. The molecule has 3 aromatic rings. The Bertz CT molecular complexity index is 2200. The minimum Gasteiger partial charge on any atom is -0.496 e. The molecule has 2 aromatic carbocycles. The topological polar surface area (TPSA) is 110 Å². The first-order chi connectivity index (χ1) is 26.1. The zero-order valence-electron chi connectivity index (χ0n) is 31.6. The molecular formula is C44H52N4O5S. The van der Waals surface area contributed by atoms with Crippen molar-refractivity contribution in [1.29, 1.82) is 0 Å². The number of fused-ring (bicyclic) bond motifs is 8. The summed E-state index contributed by atoms with van der Waals surface area (Å²) in [5.41, 5.74) is 7.88. The van der Waals surface area contributed by atoms with Crippen LogP contribution in [0, 0.1) is 5.92 Å². The summed E-state index contributed by atoms with van der Waals surface area (Å²) in [6, 6.07) is 17.8. The van der Waals surface area contributed by atoms with Crippen LogP contribution in [0.2, 0.25) is 0 Å². The van der Waals surface area contributed by atoms with Crippen molar-refractivity contribution in [3.05, 3.63) is 99.8 Å². The molecule has 9 rings (SSSR count). The van der Waals surface area contributed by atoms with Gasteiger partial charge in [-0.2, -0.15) is 0 Å². The van der Waals surface area contributed by atoms with Crippen LogP contribution in [0.1, 0.15) is 107 Å². The number of nitrogens with zero attached hydrogens (tertiary/aromatic N) is 2. The van der Waals surface area contributed by atoms with Crippen LogP contribution in [0.25, 0.3) is 10.9 Å². The van der Waals surface area contributed by atoms with Gasteiger partial charge in [0, 0.05) is 48.2 Å². The Hall–Kier alpha value is -4.15. The van der Waals surface area contributed by atoms with Crippen molar-refractivity contribution in [2.45, 2.75) is 126 Å². The number of carbonyl (C=O) groups excluding carboxylic acids is 2. The normalized spacial score (nSPS) is 26.4. The van der Waals surface area contributed by atoms with E-state index in [2.05, 4.69) is 74.1 Å². The summed E-state index contributed by atoms with van der Waals surface area (Å²) in [4.78, 5) is 31.2. The molecule has 4 atom stereocenters. The van der Waals surface area contributed by atoms with Gasteiger partial charge < -0.3 is 19.5 Å². The monoisotopic (exact) mass is 748 g/mol. The zero-order valence-corrected chi connectivity index (χ0v) is 32.5. The molecule has 0 radical (unpaired) electrons. The van der Waals surface area contributed by atoms with Gasteiger partial charge in [-0.25, -0.2) is 13.1 Å². The molecule has 3 unspecified atom stereocenters. The number of hydrogen-bond donors (Lipinski definition) is 2. The maximum absolute atomic E-state index is 15.2. The third-order valence-electron chi connectivity index (χ3n) is 13.3. The third-order valence-corrected chi connectivity index (χ3v) is 15.0. The smallest absolute Gasteiger partial charge is 0.265 e. The summed E-state index contributed by atoms with van der Waals surface area (Å²) in [5, 5.41) is 4.10. The average Bonchev–Trinajstić information content (AvgIpc) is 3.72. The first-order valence-electron chi connectivity index (χ1n) is 20.1. The van der Waals surface area contributed by atoms with Crippen LogP contribution in [-0.2, 0) is 32.7 Å². The van der Waals surface area contributed by atoms with E-state index < -0.39 is 21.2 Å². The Kier molecular flexibility index (Phi) is 9.12. The first-order valence-corrected chi connectivity index (χ1v) is 21.7. The van der Waals surface area contributed by atoms with Crippen LogP contribution >= 0.6 is 0 Å². The van der Waals surface area contributed by atoms with Crippen LogP contribution in [0.15, 0.2) is 83.0 Å². The molecule has 10 heteroatoms. The van der Waals surface area contributed by atoms with Crippen molar-refractivity contribution in [2.24, 2.45) is 5.92 Å². The van der Waals surface area contributed by atoms with Crippen LogP contribution in [0.3, 0.4) is 0 Å². The molecule has 9 nitrogen and oxygen atoms in total. The van der Waals surface area contributed by atoms with Gasteiger partial charge in [-0.15, -0.1) is 0 Å². The van der Waals surface area contributed by atoms with Crippen molar-refractivity contribution >= 4 is 32.7 Å². The highest BCUT2D eigenvalue weighted by molar-refractivity contribution is 7.90. The Labute approximate surface area is 318 Å². The molecule has 0 spiro atoms. The second kappa shape index (κ2) is 13.9. The number of rotatable bonds is 9. The van der Waals surface area contributed by atoms with Crippen molar-refractivity contribution in [3.63, 3.8) is 0 Å². The van der Waals surface area contributed by atoms with Gasteiger partial charge in [0.1, 0.15) is 5.75 Å². The number of amides is 2. The van der Waals surface area contributed by atoms with Gasteiger partial charge in [0.05, 0.1) is 29.4 Å². The van der Waals surface area contributed by atoms with E-state index in [-0.39, 0.29) is 29.8 Å². The lowest BCUT2D eigenvalue weighted by atomic mass is 9.75. The fourth-order valence-electron chi connectivity index (χ4n) is 10.6. The third kappa shape index (κ3) is 6.04. The van der Waals surface area contributed by atoms with E-state index in [1.165, 1.54) is 30.4 Å². The van der Waals surface area contributed by atoms with E-state index in [1.54, 1.807) is 21.0 Å². The standard InChI is InChI=1S/C44H52N4O5S/c1-26(2)54(51,52)46-43(49)41-36-25-47-37(23-35-38(53-3)20-19-32(42(35)47)28-13-8-5-9-14-28)39-33(40(36)41)15-10-16-34(39)44(50)48-30-17-18-31(48)22-29(21-30)45-24-27-11-6-4-7-12-27/h4,6-7,10-12,15,19-20,23,26,28-31,34,39,45H,5,8-9,13-14,16-18,21-22,24-25H2,1-3H3,(H,46,49)/t29?,30?,31?,34-,39?/m1/s1. The minimum absolute atomic E-state index is 0.193. The number of piperidine rings is 1. The summed E-state index contributed by atoms with van der Waals surface area (Å²) >= 11 is 0. The lowest BCUT2D eigenvalue weighted by molar-refractivity contribution is -0.141. The maximum atomic E-state index is 15.2. The molecule has 1 aromatic heterocycles. The Balaban J connectivity index is 1.11. The number of nitrogens with one attached hydrogen (secondary N) is 2. The quantitative estimate of drug-likeness (QED) is 0.241. The highest BCUT2D eigenvalue weighted by Crippen LogP contribution is 2.56. The van der Waals surface area contributed by atoms with E-state index in [0.717, 1.165) is 84.1 Å². The molecule has 3 aliphatic heterocycles. The summed E-state index contributed by atoms with van der Waals surface area (Å²) in [6.07, 6.45) is 14.6. The van der Waals surface area contributed by atoms with E-state index in [0.29, 0.717) is 30.5 Å². The number of allylic oxidation sites excluding steroid dienone is 4. The molecule has 2 N–H and O–H groups in total. The first kappa shape index (κ1) is 35.5. The fraction of sp³-hybridized carbons (Fsp3) is 0.500. The molecule has 2 saturated heterocycles. The molecule has 3 fully saturated rings. The van der Waals surface area contributed by atoms with Gasteiger partial charge in [-0.1, -0.05) is 67.8 Å². The molecule has 284 valence electrons. The van der Waals surface area contributed by atoms with E-state index >= 15 is 4.79 Å². The van der Waals surface area contributed by atoms with E-state index in [4.69, 9.17) is 4.74 Å². The maximum Gasteiger partial charge on any atom is 0.265 e. The van der Waals surface area contributed by atoms with Crippen LogP contribution in [0.5, 0.6) is 5.75 Å². The van der Waals surface area contributed by atoms with Crippen molar-refractivity contribution < 1.29 is 22.7 Å². The SMILES string of the molecule is COc1ccc(C2CCCCC2)c2c1cc1n2CC2=C(C(=O)NS(=O)(=O)C(C)C)C2=C2C=CC[C@@H](C(=O)N3C4CCC3CC(NCc3ccccc3)C4)C21. The lowest BCUT2D eigenvalue weighted by Crippen LogP contribution is -2.53. The van der Waals surface area contributed by atoms with Gasteiger partial charge in [0.25, 0.3) is 5.91 Å². The van der Waals surface area contributed by atoms with Crippen LogP contribution < -0.4 is 14.8 Å². The largest absolute Gasteiger partial charge is 0.496 e. The highest BCUT2D eigenvalue weighted by atomic mass is 32.2. The number of aromatic nitrogens is 1. The predicted molar refractivity (Wildman–Crippen MR) is 211 cm³/mol. The number of sulfonamides is 1. The Morgan fingerprint density at radius 2 is 1.70 bits per heavy atom. The van der Waals surface area contributed by atoms with Gasteiger partial charge in [-0.05, 0) is 105 Å². The molecule has 6 aliphatic rings. The average molecular weight is 749 g/mol. The zero-order chi connectivity index (χ0) is 37.3. The predicted octanol–water partition coefficient (Wildman–Crippen LogP) is 7.14. The highest BCUT2D eigenvalue weighted by Gasteiger charge is 2.51. The van der Waals surface area contributed by atoms with Crippen molar-refractivity contribution in [3.8, 4) is 5.75 Å². The van der Waals surface area contributed by atoms with Crippen LogP contribution in [0.4, 0.5) is 0 Å². The summed E-state index contributed by atoms with van der Waals surface area (Å²) in [6.45, 7) is 4.42. The second-order valence-electron chi connectivity index (χ2n) is 16.7. The van der Waals surface area contributed by atoms with Gasteiger partial charge in [0.15, 0.2) is 0 Å². The van der Waals surface area contributed by atoms with E-state index in [1.807, 2.05) is 6.07 Å². The minimum atomic E-state index is -3.83. The molecule has 2 bridgehead atoms. The van der Waals surface area contributed by atoms with Gasteiger partial charge in [-0.3, -0.25) is 9.59 Å². The molecule has 4 heterocycles. The number of methoxy groups -OCH3 is 1. The number of benzene rings is 2. The van der Waals surface area contributed by atoms with Gasteiger partial charge in [0.2, 0.25) is 15.9 Å². The van der Waals surface area contributed by atoms with Crippen molar-refractivity contribution in [2.75, 3.05) is 7.11 Å². The van der Waals surface area contributed by atoms with Crippen LogP contribution in [-0.4, -0.2) is 60.2 Å². The molecule has 3 aliphatic carbocycles.